The number of nitrogens with zero attached hydrogens (tertiary/aromatic N) is 1. The molecule has 21 heavy (non-hydrogen) atoms. The summed E-state index contributed by atoms with van der Waals surface area (Å²) < 4.78 is 15.7. The van der Waals surface area contributed by atoms with Crippen molar-refractivity contribution in [2.75, 3.05) is 0 Å². The maximum absolute atomic E-state index is 13.9. The summed E-state index contributed by atoms with van der Waals surface area (Å²) in [5, 5.41) is -0.129. The van der Waals surface area contributed by atoms with Gasteiger partial charge in [-0.1, -0.05) is 33.6 Å². The molecule has 0 bridgehead atoms. The van der Waals surface area contributed by atoms with Gasteiger partial charge in [0.2, 0.25) is 0 Å². The monoisotopic (exact) mass is 372 g/mol. The van der Waals surface area contributed by atoms with E-state index in [4.69, 9.17) is 17.3 Å². The second kappa shape index (κ2) is 5.99. The first-order chi connectivity index (χ1) is 9.81. The Bertz CT molecular complexity index is 789. The number of pyridine rings is 1. The molecule has 1 amide bonds. The number of rotatable bonds is 3. The number of carbonyl (C=O) groups excluding carboxylic acids is 1. The van der Waals surface area contributed by atoms with E-state index in [1.54, 1.807) is 12.1 Å². The van der Waals surface area contributed by atoms with Crippen molar-refractivity contribution in [3.63, 3.8) is 0 Å². The van der Waals surface area contributed by atoms with E-state index in [2.05, 4.69) is 15.9 Å². The van der Waals surface area contributed by atoms with E-state index in [1.807, 2.05) is 0 Å². The zero-order valence-corrected chi connectivity index (χ0v) is 13.3. The Morgan fingerprint density at radius 2 is 2.14 bits per heavy atom. The summed E-state index contributed by atoms with van der Waals surface area (Å²) in [5.41, 5.74) is 5.49. The van der Waals surface area contributed by atoms with E-state index in [0.29, 0.717) is 10.0 Å². The quantitative estimate of drug-likeness (QED) is 0.899. The number of aryl methyl sites for hydroxylation is 1. The lowest BCUT2D eigenvalue weighted by Gasteiger charge is -2.12. The molecule has 0 fully saturated rings. The number of hydrogen-bond donors (Lipinski definition) is 1. The van der Waals surface area contributed by atoms with Crippen molar-refractivity contribution in [3.05, 3.63) is 66.8 Å². The molecule has 1 aromatic heterocycles. The van der Waals surface area contributed by atoms with E-state index >= 15 is 0 Å². The Kier molecular flexibility index (Phi) is 4.49. The van der Waals surface area contributed by atoms with E-state index in [-0.39, 0.29) is 22.6 Å². The van der Waals surface area contributed by atoms with Crippen molar-refractivity contribution < 1.29 is 9.18 Å². The summed E-state index contributed by atoms with van der Waals surface area (Å²) in [7, 11) is 1.46. The van der Waals surface area contributed by atoms with Crippen molar-refractivity contribution in [1.29, 1.82) is 0 Å². The van der Waals surface area contributed by atoms with Crippen LogP contribution < -0.4 is 11.3 Å². The van der Waals surface area contributed by atoms with E-state index in [9.17, 15) is 14.0 Å². The van der Waals surface area contributed by atoms with Gasteiger partial charge in [-0.05, 0) is 23.3 Å². The van der Waals surface area contributed by atoms with Gasteiger partial charge in [0, 0.05) is 24.1 Å². The van der Waals surface area contributed by atoms with Crippen molar-refractivity contribution in [3.8, 4) is 0 Å². The van der Waals surface area contributed by atoms with Gasteiger partial charge >= 0.3 is 0 Å². The number of amides is 1. The second-order valence-corrected chi connectivity index (χ2v) is 5.82. The fraction of sp³-hybridized carbons (Fsp3) is 0.143. The molecule has 0 saturated heterocycles. The number of benzene rings is 1. The molecule has 0 saturated carbocycles. The Morgan fingerprint density at radius 3 is 2.71 bits per heavy atom. The lowest BCUT2D eigenvalue weighted by atomic mass is 10.0. The minimum atomic E-state index is -0.722. The molecule has 7 heteroatoms. The van der Waals surface area contributed by atoms with Crippen LogP contribution in [0.2, 0.25) is 5.02 Å². The van der Waals surface area contributed by atoms with Gasteiger partial charge in [0.25, 0.3) is 11.5 Å². The molecule has 2 N–H and O–H groups in total. The number of halogens is 3. The Morgan fingerprint density at radius 1 is 1.48 bits per heavy atom. The molecule has 2 rings (SSSR count). The SMILES string of the molecule is Cn1cc(C(N)=O)c(Cc2ccc(Br)cc2F)c(Cl)c1=O. The predicted octanol–water partition coefficient (Wildman–Crippen LogP) is 2.63. The van der Waals surface area contributed by atoms with Gasteiger partial charge in [-0.2, -0.15) is 0 Å². The second-order valence-electron chi connectivity index (χ2n) is 4.53. The third-order valence-corrected chi connectivity index (χ3v) is 3.95. The molecule has 0 aliphatic heterocycles. The molecular formula is C14H11BrClFN2O2. The molecule has 110 valence electrons. The van der Waals surface area contributed by atoms with Crippen molar-refractivity contribution in [2.24, 2.45) is 12.8 Å². The first kappa shape index (κ1) is 15.7. The highest BCUT2D eigenvalue weighted by Gasteiger charge is 2.18. The average molecular weight is 374 g/mol. The number of carbonyl (C=O) groups is 1. The lowest BCUT2D eigenvalue weighted by Crippen LogP contribution is -2.24. The molecular weight excluding hydrogens is 363 g/mol. The zero-order chi connectivity index (χ0) is 15.7. The third-order valence-electron chi connectivity index (χ3n) is 3.07. The van der Waals surface area contributed by atoms with Crippen LogP contribution in [0, 0.1) is 5.82 Å². The highest BCUT2D eigenvalue weighted by Crippen LogP contribution is 2.23. The largest absolute Gasteiger partial charge is 0.366 e. The van der Waals surface area contributed by atoms with E-state index in [0.717, 1.165) is 0 Å². The lowest BCUT2D eigenvalue weighted by molar-refractivity contribution is 0.0998. The molecule has 0 spiro atoms. The van der Waals surface area contributed by atoms with Crippen LogP contribution in [0.25, 0.3) is 0 Å². The van der Waals surface area contributed by atoms with Crippen LogP contribution in [-0.4, -0.2) is 10.5 Å². The smallest absolute Gasteiger partial charge is 0.269 e. The van der Waals surface area contributed by atoms with E-state index in [1.165, 1.54) is 23.9 Å². The molecule has 0 atom stereocenters. The number of aromatic nitrogens is 1. The fourth-order valence-electron chi connectivity index (χ4n) is 1.97. The van der Waals surface area contributed by atoms with Gasteiger partial charge in [-0.3, -0.25) is 9.59 Å². The summed E-state index contributed by atoms with van der Waals surface area (Å²) in [6.07, 6.45) is 1.31. The molecule has 0 aliphatic rings. The van der Waals surface area contributed by atoms with Crippen molar-refractivity contribution >= 4 is 33.4 Å². The summed E-state index contributed by atoms with van der Waals surface area (Å²) in [5.74, 6) is -1.18. The normalized spacial score (nSPS) is 10.7. The number of primary amides is 1. The zero-order valence-electron chi connectivity index (χ0n) is 11.0. The summed E-state index contributed by atoms with van der Waals surface area (Å²) in [6.45, 7) is 0. The van der Waals surface area contributed by atoms with Gasteiger partial charge in [0.15, 0.2) is 0 Å². The van der Waals surface area contributed by atoms with Crippen LogP contribution in [0.15, 0.2) is 33.7 Å². The molecule has 1 heterocycles. The summed E-state index contributed by atoms with van der Waals surface area (Å²) in [6, 6.07) is 4.52. The Hall–Kier alpha value is -1.66. The molecule has 2 aromatic rings. The molecule has 0 radical (unpaired) electrons. The maximum Gasteiger partial charge on any atom is 0.269 e. The van der Waals surface area contributed by atoms with Gasteiger partial charge in [-0.25, -0.2) is 4.39 Å². The Labute approximate surface area is 133 Å². The first-order valence-electron chi connectivity index (χ1n) is 5.93. The van der Waals surface area contributed by atoms with E-state index < -0.39 is 17.3 Å². The standard InChI is InChI=1S/C14H11BrClFN2O2/c1-19-6-10(13(18)20)9(12(16)14(19)21)4-7-2-3-8(15)5-11(7)17/h2-3,5-6H,4H2,1H3,(H2,18,20). The topological polar surface area (TPSA) is 65.1 Å². The van der Waals surface area contributed by atoms with Gasteiger partial charge < -0.3 is 10.3 Å². The first-order valence-corrected chi connectivity index (χ1v) is 7.10. The highest BCUT2D eigenvalue weighted by molar-refractivity contribution is 9.10. The molecule has 1 aromatic carbocycles. The molecule has 4 nitrogen and oxygen atoms in total. The minimum Gasteiger partial charge on any atom is -0.366 e. The summed E-state index contributed by atoms with van der Waals surface area (Å²) in [4.78, 5) is 23.4. The highest BCUT2D eigenvalue weighted by atomic mass is 79.9. The fourth-order valence-corrected chi connectivity index (χ4v) is 2.61. The Balaban J connectivity index is 2.60. The van der Waals surface area contributed by atoms with Gasteiger partial charge in [-0.15, -0.1) is 0 Å². The average Bonchev–Trinajstić information content (AvgIpc) is 2.41. The minimum absolute atomic E-state index is 0.00625. The molecule has 0 aliphatic carbocycles. The van der Waals surface area contributed by atoms with Crippen LogP contribution in [-0.2, 0) is 13.5 Å². The van der Waals surface area contributed by atoms with Gasteiger partial charge in [0.05, 0.1) is 5.56 Å². The predicted molar refractivity (Wildman–Crippen MR) is 82.1 cm³/mol. The van der Waals surface area contributed by atoms with Crippen molar-refractivity contribution in [2.45, 2.75) is 6.42 Å². The van der Waals surface area contributed by atoms with Crippen LogP contribution in [0.5, 0.6) is 0 Å². The summed E-state index contributed by atoms with van der Waals surface area (Å²) >= 11 is 9.17. The van der Waals surface area contributed by atoms with Gasteiger partial charge in [0.1, 0.15) is 10.8 Å². The van der Waals surface area contributed by atoms with Crippen LogP contribution in [0.4, 0.5) is 4.39 Å². The number of hydrogen-bond acceptors (Lipinski definition) is 2. The number of nitrogens with two attached hydrogens (primary N) is 1. The van der Waals surface area contributed by atoms with Crippen LogP contribution in [0.1, 0.15) is 21.5 Å². The third kappa shape index (κ3) is 3.16. The maximum atomic E-state index is 13.9. The molecule has 0 unspecified atom stereocenters. The van der Waals surface area contributed by atoms with Crippen molar-refractivity contribution in [1.82, 2.24) is 4.57 Å². The van der Waals surface area contributed by atoms with Crippen LogP contribution in [0.3, 0.4) is 0 Å². The van der Waals surface area contributed by atoms with Crippen LogP contribution >= 0.6 is 27.5 Å².